The first-order valence-corrected chi connectivity index (χ1v) is 7.41. The van der Waals surface area contributed by atoms with Gasteiger partial charge in [-0.25, -0.2) is 0 Å². The van der Waals surface area contributed by atoms with Gasteiger partial charge in [0, 0.05) is 0 Å². The molecule has 0 amide bonds. The van der Waals surface area contributed by atoms with Crippen molar-refractivity contribution in [1.29, 1.82) is 0 Å². The van der Waals surface area contributed by atoms with E-state index < -0.39 is 5.41 Å². The highest BCUT2D eigenvalue weighted by Crippen LogP contribution is 2.24. The average molecular weight is 278 g/mol. The van der Waals surface area contributed by atoms with Crippen LogP contribution in [0.15, 0.2) is 30.3 Å². The lowest BCUT2D eigenvalue weighted by Gasteiger charge is -2.22. The molecule has 0 aliphatic rings. The van der Waals surface area contributed by atoms with Crippen molar-refractivity contribution in [2.75, 3.05) is 13.2 Å². The first-order chi connectivity index (χ1) is 9.56. The van der Waals surface area contributed by atoms with Gasteiger partial charge < -0.3 is 9.47 Å². The van der Waals surface area contributed by atoms with Crippen LogP contribution in [-0.4, -0.2) is 19.2 Å². The molecule has 0 saturated carbocycles. The maximum atomic E-state index is 11.9. The second-order valence-electron chi connectivity index (χ2n) is 5.64. The summed E-state index contributed by atoms with van der Waals surface area (Å²) in [5.74, 6) is 0.765. The van der Waals surface area contributed by atoms with Gasteiger partial charge in [0.15, 0.2) is 0 Å². The van der Waals surface area contributed by atoms with Crippen molar-refractivity contribution in [3.8, 4) is 5.75 Å². The number of esters is 1. The topological polar surface area (TPSA) is 35.5 Å². The number of carbonyl (C=O) groups is 1. The number of ether oxygens (including phenoxy) is 2. The molecule has 0 aromatic heterocycles. The second-order valence-corrected chi connectivity index (χ2v) is 5.64. The van der Waals surface area contributed by atoms with E-state index in [-0.39, 0.29) is 5.97 Å². The number of benzene rings is 1. The predicted molar refractivity (Wildman–Crippen MR) is 80.8 cm³/mol. The summed E-state index contributed by atoms with van der Waals surface area (Å²) in [5.41, 5.74) is -0.437. The maximum Gasteiger partial charge on any atom is 0.311 e. The first-order valence-electron chi connectivity index (χ1n) is 7.41. The molecule has 0 aliphatic heterocycles. The van der Waals surface area contributed by atoms with E-state index in [1.807, 2.05) is 44.2 Å². The summed E-state index contributed by atoms with van der Waals surface area (Å²) in [6.45, 7) is 7.10. The van der Waals surface area contributed by atoms with Crippen LogP contribution in [0.2, 0.25) is 0 Å². The third-order valence-electron chi connectivity index (χ3n) is 3.24. The van der Waals surface area contributed by atoms with Gasteiger partial charge in [-0.15, -0.1) is 0 Å². The van der Waals surface area contributed by atoms with E-state index in [9.17, 15) is 4.79 Å². The number of para-hydroxylation sites is 1. The quantitative estimate of drug-likeness (QED) is 0.501. The van der Waals surface area contributed by atoms with Crippen molar-refractivity contribution in [3.63, 3.8) is 0 Å². The van der Waals surface area contributed by atoms with Crippen LogP contribution in [0, 0.1) is 5.41 Å². The van der Waals surface area contributed by atoms with Crippen LogP contribution in [0.1, 0.15) is 46.5 Å². The van der Waals surface area contributed by atoms with E-state index >= 15 is 0 Å². The molecule has 0 fully saturated rings. The molecule has 3 heteroatoms. The fraction of sp³-hybridized carbons (Fsp3) is 0.588. The van der Waals surface area contributed by atoms with Gasteiger partial charge in [0.2, 0.25) is 0 Å². The van der Waals surface area contributed by atoms with Crippen molar-refractivity contribution >= 4 is 5.97 Å². The molecule has 1 aromatic rings. The molecule has 20 heavy (non-hydrogen) atoms. The third-order valence-corrected chi connectivity index (χ3v) is 3.24. The predicted octanol–water partition coefficient (Wildman–Crippen LogP) is 4.22. The van der Waals surface area contributed by atoms with Crippen molar-refractivity contribution < 1.29 is 14.3 Å². The molecule has 0 aliphatic carbocycles. The molecule has 0 radical (unpaired) electrons. The van der Waals surface area contributed by atoms with Crippen molar-refractivity contribution in [1.82, 2.24) is 0 Å². The van der Waals surface area contributed by atoms with Gasteiger partial charge >= 0.3 is 5.97 Å². The smallest absolute Gasteiger partial charge is 0.311 e. The van der Waals surface area contributed by atoms with E-state index in [0.717, 1.165) is 31.4 Å². The third kappa shape index (κ3) is 6.09. The molecule has 112 valence electrons. The normalized spacial score (nSPS) is 11.2. The minimum absolute atomic E-state index is 0.106. The number of carbonyl (C=O) groups excluding carboxylic acids is 1. The van der Waals surface area contributed by atoms with Gasteiger partial charge in [0.05, 0.1) is 18.6 Å². The van der Waals surface area contributed by atoms with E-state index in [4.69, 9.17) is 9.47 Å². The molecule has 3 nitrogen and oxygen atoms in total. The maximum absolute atomic E-state index is 11.9. The molecule has 1 rings (SSSR count). The van der Waals surface area contributed by atoms with Gasteiger partial charge in [0.1, 0.15) is 5.75 Å². The highest BCUT2D eigenvalue weighted by molar-refractivity contribution is 5.75. The Morgan fingerprint density at radius 2 is 1.80 bits per heavy atom. The summed E-state index contributed by atoms with van der Waals surface area (Å²) in [5, 5.41) is 0. The van der Waals surface area contributed by atoms with Crippen LogP contribution >= 0.6 is 0 Å². The Balaban J connectivity index is 2.23. The minimum Gasteiger partial charge on any atom is -0.494 e. The molecule has 0 heterocycles. The Kier molecular flexibility index (Phi) is 7.13. The van der Waals surface area contributed by atoms with Crippen LogP contribution in [0.3, 0.4) is 0 Å². The minimum atomic E-state index is -0.437. The van der Waals surface area contributed by atoms with Gasteiger partial charge in [-0.1, -0.05) is 31.5 Å². The highest BCUT2D eigenvalue weighted by atomic mass is 16.5. The van der Waals surface area contributed by atoms with Gasteiger partial charge in [-0.05, 0) is 45.2 Å². The lowest BCUT2D eigenvalue weighted by Crippen LogP contribution is -2.27. The second kappa shape index (κ2) is 8.62. The molecule has 0 saturated heterocycles. The van der Waals surface area contributed by atoms with Crippen molar-refractivity contribution in [2.24, 2.45) is 5.41 Å². The largest absolute Gasteiger partial charge is 0.494 e. The Bertz CT molecular complexity index is 384. The SMILES string of the molecule is CCCCOC(=O)C(C)(C)CCCOc1ccccc1. The number of rotatable bonds is 9. The van der Waals surface area contributed by atoms with Crippen molar-refractivity contribution in [2.45, 2.75) is 46.5 Å². The molecule has 0 N–H and O–H groups in total. The van der Waals surface area contributed by atoms with Crippen LogP contribution in [0.5, 0.6) is 5.75 Å². The van der Waals surface area contributed by atoms with Crippen LogP contribution in [-0.2, 0) is 9.53 Å². The molecule has 0 bridgehead atoms. The van der Waals surface area contributed by atoms with E-state index in [0.29, 0.717) is 13.2 Å². The monoisotopic (exact) mass is 278 g/mol. The van der Waals surface area contributed by atoms with Gasteiger partial charge in [-0.2, -0.15) is 0 Å². The summed E-state index contributed by atoms with van der Waals surface area (Å²) in [6.07, 6.45) is 3.58. The molecular formula is C17H26O3. The van der Waals surface area contributed by atoms with Crippen LogP contribution < -0.4 is 4.74 Å². The average Bonchev–Trinajstić information content (AvgIpc) is 2.45. The molecule has 0 unspecified atom stereocenters. The zero-order valence-electron chi connectivity index (χ0n) is 12.9. The first kappa shape index (κ1) is 16.5. The number of unbranched alkanes of at least 4 members (excludes halogenated alkanes) is 1. The molecule has 0 spiro atoms. The summed E-state index contributed by atoms with van der Waals surface area (Å²) in [7, 11) is 0. The summed E-state index contributed by atoms with van der Waals surface area (Å²) < 4.78 is 10.9. The summed E-state index contributed by atoms with van der Waals surface area (Å²) in [4.78, 5) is 11.9. The standard InChI is InChI=1S/C17H26O3/c1-4-5-13-20-16(18)17(2,3)12-9-14-19-15-10-7-6-8-11-15/h6-8,10-11H,4-5,9,12-14H2,1-3H3. The van der Waals surface area contributed by atoms with Gasteiger partial charge in [-0.3, -0.25) is 4.79 Å². The summed E-state index contributed by atoms with van der Waals surface area (Å²) in [6, 6.07) is 9.73. The van der Waals surface area contributed by atoms with Gasteiger partial charge in [0.25, 0.3) is 0 Å². The Labute approximate surface area is 122 Å². The Morgan fingerprint density at radius 3 is 2.45 bits per heavy atom. The Morgan fingerprint density at radius 1 is 1.10 bits per heavy atom. The van der Waals surface area contributed by atoms with Crippen LogP contribution in [0.4, 0.5) is 0 Å². The number of hydrogen-bond donors (Lipinski definition) is 0. The Hall–Kier alpha value is -1.51. The zero-order chi connectivity index (χ0) is 14.8. The fourth-order valence-corrected chi connectivity index (χ4v) is 1.83. The van der Waals surface area contributed by atoms with Crippen LogP contribution in [0.25, 0.3) is 0 Å². The lowest BCUT2D eigenvalue weighted by molar-refractivity contribution is -0.154. The zero-order valence-corrected chi connectivity index (χ0v) is 12.9. The molecule has 1 aromatic carbocycles. The fourth-order valence-electron chi connectivity index (χ4n) is 1.83. The number of hydrogen-bond acceptors (Lipinski definition) is 3. The van der Waals surface area contributed by atoms with Crippen molar-refractivity contribution in [3.05, 3.63) is 30.3 Å². The molecular weight excluding hydrogens is 252 g/mol. The van der Waals surface area contributed by atoms with E-state index in [1.54, 1.807) is 0 Å². The van der Waals surface area contributed by atoms with E-state index in [1.165, 1.54) is 0 Å². The summed E-state index contributed by atoms with van der Waals surface area (Å²) >= 11 is 0. The molecule has 0 atom stereocenters. The van der Waals surface area contributed by atoms with E-state index in [2.05, 4.69) is 6.92 Å². The highest BCUT2D eigenvalue weighted by Gasteiger charge is 2.28. The lowest BCUT2D eigenvalue weighted by atomic mass is 9.88.